The number of nitrogens with two attached hydrogens (primary N) is 1. The van der Waals surface area contributed by atoms with Crippen molar-refractivity contribution in [2.75, 3.05) is 0 Å². The van der Waals surface area contributed by atoms with Crippen molar-refractivity contribution >= 4 is 11.9 Å². The van der Waals surface area contributed by atoms with E-state index < -0.39 is 23.4 Å². The third-order valence-corrected chi connectivity index (χ3v) is 1.70. The summed E-state index contributed by atoms with van der Waals surface area (Å²) in [4.78, 5) is 20.3. The molecule has 1 fully saturated rings. The second kappa shape index (κ2) is 1.69. The van der Waals surface area contributed by atoms with Crippen molar-refractivity contribution in [2.45, 2.75) is 12.0 Å². The fourth-order valence-corrected chi connectivity index (χ4v) is 0.823. The van der Waals surface area contributed by atoms with Crippen molar-refractivity contribution in [1.29, 1.82) is 0 Å². The van der Waals surface area contributed by atoms with E-state index in [1.807, 2.05) is 0 Å². The third-order valence-electron chi connectivity index (χ3n) is 1.70. The van der Waals surface area contributed by atoms with E-state index in [1.165, 1.54) is 0 Å². The van der Waals surface area contributed by atoms with Crippen LogP contribution in [0.15, 0.2) is 0 Å². The van der Waals surface area contributed by atoms with Gasteiger partial charge in [0.2, 0.25) is 0 Å². The molecule has 0 saturated heterocycles. The highest BCUT2D eigenvalue weighted by Crippen LogP contribution is 2.41. The highest BCUT2D eigenvalue weighted by molar-refractivity contribution is 5.92. The second-order valence-corrected chi connectivity index (χ2v) is 2.44. The summed E-state index contributed by atoms with van der Waals surface area (Å²) in [6, 6.07) is 0. The normalized spacial score (nSPS) is 37.1. The summed E-state index contributed by atoms with van der Waals surface area (Å²) < 4.78 is 0. The van der Waals surface area contributed by atoms with Crippen molar-refractivity contribution in [3.05, 3.63) is 0 Å². The van der Waals surface area contributed by atoms with E-state index in [2.05, 4.69) is 0 Å². The molecule has 4 N–H and O–H groups in total. The molecule has 0 radical (unpaired) electrons. The van der Waals surface area contributed by atoms with Crippen LogP contribution in [0.3, 0.4) is 0 Å². The molecule has 0 aromatic rings. The highest BCUT2D eigenvalue weighted by Gasteiger charge is 2.62. The zero-order valence-electron chi connectivity index (χ0n) is 5.07. The summed E-state index contributed by atoms with van der Waals surface area (Å²) in [7, 11) is 0. The number of aliphatic carboxylic acids is 2. The molecule has 5 nitrogen and oxygen atoms in total. The molecular formula is C5H7NO4. The zero-order chi connectivity index (χ0) is 7.94. The molecule has 1 rings (SSSR count). The average Bonchev–Trinajstić information content (AvgIpc) is 2.43. The molecular weight excluding hydrogens is 138 g/mol. The number of rotatable bonds is 2. The van der Waals surface area contributed by atoms with E-state index in [1.54, 1.807) is 0 Å². The molecule has 10 heavy (non-hydrogen) atoms. The van der Waals surface area contributed by atoms with Crippen LogP contribution in [-0.2, 0) is 9.59 Å². The molecule has 1 saturated carbocycles. The maximum absolute atomic E-state index is 10.2. The third kappa shape index (κ3) is 0.750. The van der Waals surface area contributed by atoms with E-state index in [9.17, 15) is 9.59 Å². The second-order valence-electron chi connectivity index (χ2n) is 2.44. The lowest BCUT2D eigenvalue weighted by molar-refractivity contribution is -0.145. The van der Waals surface area contributed by atoms with Crippen LogP contribution in [0.4, 0.5) is 0 Å². The van der Waals surface area contributed by atoms with E-state index in [0.29, 0.717) is 0 Å². The molecule has 0 aliphatic heterocycles. The summed E-state index contributed by atoms with van der Waals surface area (Å²) in [6.07, 6.45) is 0.0394. The number of carbonyl (C=O) groups is 2. The topological polar surface area (TPSA) is 101 Å². The molecule has 0 aromatic heterocycles. The minimum atomic E-state index is -1.49. The van der Waals surface area contributed by atoms with Crippen LogP contribution in [0.25, 0.3) is 0 Å². The first-order chi connectivity index (χ1) is 4.48. The van der Waals surface area contributed by atoms with E-state index in [-0.39, 0.29) is 6.42 Å². The molecule has 56 valence electrons. The van der Waals surface area contributed by atoms with Gasteiger partial charge in [0.25, 0.3) is 0 Å². The number of carboxylic acid groups (broad SMARTS) is 2. The van der Waals surface area contributed by atoms with Gasteiger partial charge in [-0.25, -0.2) is 0 Å². The maximum atomic E-state index is 10.2. The van der Waals surface area contributed by atoms with Gasteiger partial charge in [-0.1, -0.05) is 0 Å². The van der Waals surface area contributed by atoms with Crippen molar-refractivity contribution in [2.24, 2.45) is 11.7 Å². The largest absolute Gasteiger partial charge is 0.481 e. The van der Waals surface area contributed by atoms with Crippen molar-refractivity contribution in [3.63, 3.8) is 0 Å². The quantitative estimate of drug-likeness (QED) is 0.456. The number of carboxylic acids is 2. The minimum Gasteiger partial charge on any atom is -0.481 e. The lowest BCUT2D eigenvalue weighted by Gasteiger charge is -1.99. The number of hydrogen-bond acceptors (Lipinski definition) is 3. The van der Waals surface area contributed by atoms with Gasteiger partial charge in [-0.3, -0.25) is 9.59 Å². The number of hydrogen-bond donors (Lipinski definition) is 3. The van der Waals surface area contributed by atoms with Gasteiger partial charge in [0, 0.05) is 0 Å². The molecule has 0 spiro atoms. The molecule has 2 atom stereocenters. The van der Waals surface area contributed by atoms with Gasteiger partial charge in [-0.15, -0.1) is 0 Å². The Morgan fingerprint density at radius 3 is 2.10 bits per heavy atom. The first-order valence-electron chi connectivity index (χ1n) is 2.73. The van der Waals surface area contributed by atoms with E-state index >= 15 is 0 Å². The Balaban J connectivity index is 2.65. The summed E-state index contributed by atoms with van der Waals surface area (Å²) in [5.74, 6) is -3.27. The van der Waals surface area contributed by atoms with Crippen LogP contribution in [0.5, 0.6) is 0 Å². The van der Waals surface area contributed by atoms with Crippen LogP contribution < -0.4 is 5.73 Å². The molecule has 1 aliphatic carbocycles. The summed E-state index contributed by atoms with van der Waals surface area (Å²) in [5.41, 5.74) is 3.66. The predicted molar refractivity (Wildman–Crippen MR) is 30.3 cm³/mol. The molecule has 1 aliphatic rings. The van der Waals surface area contributed by atoms with Crippen LogP contribution >= 0.6 is 0 Å². The Hall–Kier alpha value is -1.10. The lowest BCUT2D eigenvalue weighted by atomic mass is 10.2. The van der Waals surface area contributed by atoms with Crippen molar-refractivity contribution in [3.8, 4) is 0 Å². The Labute approximate surface area is 56.4 Å². The van der Waals surface area contributed by atoms with Crippen molar-refractivity contribution in [1.82, 2.24) is 0 Å². The van der Waals surface area contributed by atoms with Gasteiger partial charge >= 0.3 is 11.9 Å². The van der Waals surface area contributed by atoms with Crippen molar-refractivity contribution < 1.29 is 19.8 Å². The van der Waals surface area contributed by atoms with Gasteiger partial charge in [-0.2, -0.15) is 0 Å². The van der Waals surface area contributed by atoms with Gasteiger partial charge in [0.1, 0.15) is 5.54 Å². The molecule has 0 aromatic carbocycles. The predicted octanol–water partition coefficient (Wildman–Crippen LogP) is -1.13. The molecule has 0 unspecified atom stereocenters. The van der Waals surface area contributed by atoms with Crippen LogP contribution in [0.1, 0.15) is 6.42 Å². The lowest BCUT2D eigenvalue weighted by Crippen LogP contribution is -2.36. The Kier molecular flexibility index (Phi) is 1.19. The molecule has 0 heterocycles. The summed E-state index contributed by atoms with van der Waals surface area (Å²) >= 11 is 0. The Bertz CT molecular complexity index is 202. The minimum absolute atomic E-state index is 0.0394. The first-order valence-corrected chi connectivity index (χ1v) is 2.73. The van der Waals surface area contributed by atoms with Gasteiger partial charge < -0.3 is 15.9 Å². The first kappa shape index (κ1) is 7.01. The Morgan fingerprint density at radius 1 is 1.50 bits per heavy atom. The van der Waals surface area contributed by atoms with E-state index in [0.717, 1.165) is 0 Å². The highest BCUT2D eigenvalue weighted by atomic mass is 16.4. The maximum Gasteiger partial charge on any atom is 0.324 e. The average molecular weight is 145 g/mol. The van der Waals surface area contributed by atoms with Crippen LogP contribution in [0, 0.1) is 5.92 Å². The molecule has 0 amide bonds. The summed E-state index contributed by atoms with van der Waals surface area (Å²) in [6.45, 7) is 0. The molecule has 0 bridgehead atoms. The smallest absolute Gasteiger partial charge is 0.324 e. The fraction of sp³-hybridized carbons (Fsp3) is 0.600. The van der Waals surface area contributed by atoms with Gasteiger partial charge in [0.05, 0.1) is 5.92 Å². The monoisotopic (exact) mass is 145 g/mol. The SMILES string of the molecule is N[C@@]1(C(=O)O)C[C@@H]1C(=O)O. The van der Waals surface area contributed by atoms with E-state index in [4.69, 9.17) is 15.9 Å². The standard InChI is InChI=1S/C5H7NO4/c6-5(4(9)10)1-2(5)3(7)8/h2H,1,6H2,(H,7,8)(H,9,10)/t2-,5+/m1/s1. The van der Waals surface area contributed by atoms with Crippen LogP contribution in [0.2, 0.25) is 0 Å². The zero-order valence-corrected chi connectivity index (χ0v) is 5.07. The summed E-state index contributed by atoms with van der Waals surface area (Å²) in [5, 5.41) is 16.6. The molecule has 5 heteroatoms. The van der Waals surface area contributed by atoms with Crippen LogP contribution in [-0.4, -0.2) is 27.7 Å². The van der Waals surface area contributed by atoms with Gasteiger partial charge in [-0.05, 0) is 6.42 Å². The van der Waals surface area contributed by atoms with Gasteiger partial charge in [0.15, 0.2) is 0 Å². The fourth-order valence-electron chi connectivity index (χ4n) is 0.823. The Morgan fingerprint density at radius 2 is 2.00 bits per heavy atom.